The lowest BCUT2D eigenvalue weighted by Crippen LogP contribution is -1.73. The Morgan fingerprint density at radius 1 is 1.50 bits per heavy atom. The van der Waals surface area contributed by atoms with E-state index in [0.717, 1.165) is 11.3 Å². The first-order valence-electron chi connectivity index (χ1n) is 4.17. The predicted molar refractivity (Wildman–Crippen MR) is 54.7 cm³/mol. The van der Waals surface area contributed by atoms with E-state index in [9.17, 15) is 0 Å². The van der Waals surface area contributed by atoms with Gasteiger partial charge in [0.05, 0.1) is 11.9 Å². The Hall–Kier alpha value is -1.31. The number of aromatic amines is 1. The Morgan fingerprint density at radius 2 is 2.17 bits per heavy atom. The van der Waals surface area contributed by atoms with Crippen LogP contribution in [-0.2, 0) is 0 Å². The third kappa shape index (κ3) is 2.74. The lowest BCUT2D eigenvalue weighted by molar-refractivity contribution is 1.08. The summed E-state index contributed by atoms with van der Waals surface area (Å²) in [6, 6.07) is 0. The molecular formula is C10H16N2. The molecule has 1 N–H and O–H groups in total. The van der Waals surface area contributed by atoms with Gasteiger partial charge in [-0.1, -0.05) is 32.6 Å². The highest BCUT2D eigenvalue weighted by Crippen LogP contribution is 2.06. The molecule has 12 heavy (non-hydrogen) atoms. The van der Waals surface area contributed by atoms with Crippen molar-refractivity contribution >= 4 is 12.2 Å². The zero-order valence-electron chi connectivity index (χ0n) is 7.96. The molecule has 1 aromatic heterocycles. The molecule has 0 aliphatic heterocycles. The maximum atomic E-state index is 3.86. The van der Waals surface area contributed by atoms with Gasteiger partial charge in [0.25, 0.3) is 0 Å². The average Bonchev–Trinajstić information content (AvgIpc) is 2.56. The van der Waals surface area contributed by atoms with Gasteiger partial charge >= 0.3 is 0 Å². The standard InChI is InChI=1S/C8H10N2.C2H6/c1-3-5-8-7(4-2)6-9-10-8;1-2/h3-6H,2H2,1H3,(H,9,10);1-2H3/b5-3-;. The SMILES string of the molecule is C=Cc1cn[nH]c1/C=C\C.CC. The van der Waals surface area contributed by atoms with Crippen LogP contribution in [0.4, 0.5) is 0 Å². The molecule has 0 spiro atoms. The molecule has 0 radical (unpaired) electrons. The summed E-state index contributed by atoms with van der Waals surface area (Å²) in [6.45, 7) is 9.62. The summed E-state index contributed by atoms with van der Waals surface area (Å²) in [5.41, 5.74) is 2.05. The van der Waals surface area contributed by atoms with Gasteiger partial charge < -0.3 is 0 Å². The summed E-state index contributed by atoms with van der Waals surface area (Å²) in [5.74, 6) is 0. The van der Waals surface area contributed by atoms with Gasteiger partial charge in [-0.2, -0.15) is 5.10 Å². The van der Waals surface area contributed by atoms with E-state index in [0.29, 0.717) is 0 Å². The minimum Gasteiger partial charge on any atom is -0.278 e. The molecule has 0 aromatic carbocycles. The quantitative estimate of drug-likeness (QED) is 0.714. The van der Waals surface area contributed by atoms with Crippen molar-refractivity contribution < 1.29 is 0 Å². The van der Waals surface area contributed by atoms with Crippen molar-refractivity contribution in [3.8, 4) is 0 Å². The van der Waals surface area contributed by atoms with Gasteiger partial charge in [-0.15, -0.1) is 0 Å². The van der Waals surface area contributed by atoms with Crippen molar-refractivity contribution in [2.75, 3.05) is 0 Å². The van der Waals surface area contributed by atoms with E-state index in [-0.39, 0.29) is 0 Å². The number of hydrogen-bond acceptors (Lipinski definition) is 1. The maximum Gasteiger partial charge on any atom is 0.0646 e. The van der Waals surface area contributed by atoms with E-state index >= 15 is 0 Å². The Morgan fingerprint density at radius 3 is 2.67 bits per heavy atom. The van der Waals surface area contributed by atoms with Crippen molar-refractivity contribution in [1.82, 2.24) is 10.2 Å². The second-order valence-corrected chi connectivity index (χ2v) is 1.94. The molecule has 0 unspecified atom stereocenters. The zero-order chi connectivity index (χ0) is 9.40. The molecule has 0 amide bonds. The highest BCUT2D eigenvalue weighted by molar-refractivity contribution is 5.60. The van der Waals surface area contributed by atoms with Crippen molar-refractivity contribution in [3.05, 3.63) is 30.1 Å². The fraction of sp³-hybridized carbons (Fsp3) is 0.300. The third-order valence-electron chi connectivity index (χ3n) is 1.25. The summed E-state index contributed by atoms with van der Waals surface area (Å²) >= 11 is 0. The summed E-state index contributed by atoms with van der Waals surface area (Å²) in [6.07, 6.45) is 7.45. The molecule has 66 valence electrons. The number of rotatable bonds is 2. The van der Waals surface area contributed by atoms with Gasteiger partial charge in [0.2, 0.25) is 0 Å². The van der Waals surface area contributed by atoms with Crippen molar-refractivity contribution in [3.63, 3.8) is 0 Å². The van der Waals surface area contributed by atoms with Gasteiger partial charge in [0.15, 0.2) is 0 Å². The maximum absolute atomic E-state index is 3.86. The molecule has 0 atom stereocenters. The van der Waals surface area contributed by atoms with Crippen LogP contribution in [0.3, 0.4) is 0 Å². The molecule has 2 nitrogen and oxygen atoms in total. The molecule has 1 aromatic rings. The van der Waals surface area contributed by atoms with Crippen LogP contribution in [0.15, 0.2) is 18.9 Å². The second kappa shape index (κ2) is 6.40. The topological polar surface area (TPSA) is 28.7 Å². The van der Waals surface area contributed by atoms with Gasteiger partial charge in [0.1, 0.15) is 0 Å². The molecule has 1 heterocycles. The minimum absolute atomic E-state index is 1.01. The van der Waals surface area contributed by atoms with E-state index in [2.05, 4.69) is 16.8 Å². The molecule has 0 fully saturated rings. The van der Waals surface area contributed by atoms with Gasteiger partial charge in [-0.05, 0) is 13.0 Å². The molecular weight excluding hydrogens is 148 g/mol. The first-order chi connectivity index (χ1) is 5.88. The smallest absolute Gasteiger partial charge is 0.0646 e. The molecule has 2 heteroatoms. The Balaban J connectivity index is 0.000000561. The fourth-order valence-corrected chi connectivity index (χ4v) is 0.768. The molecule has 0 saturated heterocycles. The van der Waals surface area contributed by atoms with E-state index in [1.165, 1.54) is 0 Å². The molecule has 1 rings (SSSR count). The lowest BCUT2D eigenvalue weighted by Gasteiger charge is -1.85. The largest absolute Gasteiger partial charge is 0.278 e. The monoisotopic (exact) mass is 164 g/mol. The summed E-state index contributed by atoms with van der Waals surface area (Å²) in [7, 11) is 0. The van der Waals surface area contributed by atoms with Crippen LogP contribution in [0.25, 0.3) is 12.2 Å². The van der Waals surface area contributed by atoms with Gasteiger partial charge in [0, 0.05) is 5.56 Å². The average molecular weight is 164 g/mol. The predicted octanol–water partition coefficient (Wildman–Crippen LogP) is 3.11. The second-order valence-electron chi connectivity index (χ2n) is 1.94. The van der Waals surface area contributed by atoms with E-state index in [1.807, 2.05) is 32.9 Å². The number of nitrogens with one attached hydrogen (secondary N) is 1. The van der Waals surface area contributed by atoms with E-state index in [4.69, 9.17) is 0 Å². The van der Waals surface area contributed by atoms with Crippen LogP contribution in [0.1, 0.15) is 32.0 Å². The van der Waals surface area contributed by atoms with Crippen LogP contribution in [0.2, 0.25) is 0 Å². The minimum atomic E-state index is 1.01. The van der Waals surface area contributed by atoms with Gasteiger partial charge in [-0.25, -0.2) is 0 Å². The highest BCUT2D eigenvalue weighted by Gasteiger charge is 1.93. The number of allylic oxidation sites excluding steroid dienone is 1. The number of hydrogen-bond donors (Lipinski definition) is 1. The van der Waals surface area contributed by atoms with Crippen LogP contribution < -0.4 is 0 Å². The zero-order valence-corrected chi connectivity index (χ0v) is 7.96. The number of nitrogens with zero attached hydrogens (tertiary/aromatic N) is 1. The molecule has 0 aliphatic carbocycles. The first-order valence-corrected chi connectivity index (χ1v) is 4.17. The normalized spacial score (nSPS) is 9.25. The third-order valence-corrected chi connectivity index (χ3v) is 1.25. The van der Waals surface area contributed by atoms with E-state index < -0.39 is 0 Å². The van der Waals surface area contributed by atoms with E-state index in [1.54, 1.807) is 12.3 Å². The summed E-state index contributed by atoms with van der Waals surface area (Å²) in [4.78, 5) is 0. The fourth-order valence-electron chi connectivity index (χ4n) is 0.768. The van der Waals surface area contributed by atoms with Crippen molar-refractivity contribution in [2.45, 2.75) is 20.8 Å². The first kappa shape index (κ1) is 10.7. The lowest BCUT2D eigenvalue weighted by atomic mass is 10.2. The van der Waals surface area contributed by atoms with Crippen LogP contribution in [0, 0.1) is 0 Å². The summed E-state index contributed by atoms with van der Waals surface area (Å²) < 4.78 is 0. The summed E-state index contributed by atoms with van der Waals surface area (Å²) in [5, 5.41) is 6.71. The van der Waals surface area contributed by atoms with Crippen LogP contribution in [-0.4, -0.2) is 10.2 Å². The van der Waals surface area contributed by atoms with Crippen molar-refractivity contribution in [1.29, 1.82) is 0 Å². The highest BCUT2D eigenvalue weighted by atomic mass is 15.1. The number of H-pyrrole nitrogens is 1. The van der Waals surface area contributed by atoms with Crippen LogP contribution >= 0.6 is 0 Å². The Labute approximate surface area is 74.0 Å². The molecule has 0 saturated carbocycles. The van der Waals surface area contributed by atoms with Gasteiger partial charge in [-0.3, -0.25) is 5.10 Å². The molecule has 0 aliphatic rings. The Kier molecular flexibility index (Phi) is 5.70. The molecule has 0 bridgehead atoms. The van der Waals surface area contributed by atoms with Crippen LogP contribution in [0.5, 0.6) is 0 Å². The Bertz CT molecular complexity index is 246. The van der Waals surface area contributed by atoms with Crippen molar-refractivity contribution in [2.24, 2.45) is 0 Å². The number of aromatic nitrogens is 2.